The second kappa shape index (κ2) is 8.19. The van der Waals surface area contributed by atoms with Crippen molar-refractivity contribution in [3.05, 3.63) is 35.4 Å². The van der Waals surface area contributed by atoms with E-state index >= 15 is 0 Å². The number of ether oxygens (including phenoxy) is 1. The first kappa shape index (κ1) is 16.9. The zero-order valence-electron chi connectivity index (χ0n) is 12.6. The van der Waals surface area contributed by atoms with Crippen LogP contribution >= 0.6 is 0 Å². The Balaban J connectivity index is 2.67. The summed E-state index contributed by atoms with van der Waals surface area (Å²) in [4.78, 5) is 35.0. The standard InChI is InChI=1S/C16H21NO4/c1-4-21-16(20)15(17-12(3)18)14(19)9-8-13-7-5-6-11(2)10-13/h5-7,10,15H,4,8-9H2,1-3H3,(H,17,18). The van der Waals surface area contributed by atoms with E-state index in [4.69, 9.17) is 4.74 Å². The summed E-state index contributed by atoms with van der Waals surface area (Å²) in [5, 5.41) is 2.35. The number of carbonyl (C=O) groups excluding carboxylic acids is 3. The second-order valence-electron chi connectivity index (χ2n) is 4.84. The van der Waals surface area contributed by atoms with Gasteiger partial charge in [-0.2, -0.15) is 0 Å². The number of hydrogen-bond acceptors (Lipinski definition) is 4. The number of Topliss-reactive ketones (excluding diaryl/α,β-unsaturated/α-hetero) is 1. The number of esters is 1. The number of nitrogens with one attached hydrogen (secondary N) is 1. The molecule has 0 heterocycles. The third kappa shape index (κ3) is 5.77. The monoisotopic (exact) mass is 291 g/mol. The molecule has 1 unspecified atom stereocenters. The van der Waals surface area contributed by atoms with Gasteiger partial charge in [0, 0.05) is 13.3 Å². The van der Waals surface area contributed by atoms with Gasteiger partial charge in [0.1, 0.15) is 0 Å². The van der Waals surface area contributed by atoms with Gasteiger partial charge in [-0.25, -0.2) is 4.79 Å². The van der Waals surface area contributed by atoms with E-state index in [1.807, 2.05) is 31.2 Å². The van der Waals surface area contributed by atoms with Crippen molar-refractivity contribution in [2.24, 2.45) is 0 Å². The fourth-order valence-electron chi connectivity index (χ4n) is 1.98. The molecule has 0 aliphatic rings. The van der Waals surface area contributed by atoms with E-state index in [1.54, 1.807) is 6.92 Å². The van der Waals surface area contributed by atoms with Crippen molar-refractivity contribution in [3.63, 3.8) is 0 Å². The first-order valence-corrected chi connectivity index (χ1v) is 6.96. The summed E-state index contributed by atoms with van der Waals surface area (Å²) in [5.74, 6) is -1.48. The van der Waals surface area contributed by atoms with Crippen molar-refractivity contribution in [1.82, 2.24) is 5.32 Å². The molecule has 114 valence electrons. The van der Waals surface area contributed by atoms with Crippen LogP contribution in [0.4, 0.5) is 0 Å². The predicted octanol–water partition coefficient (Wildman–Crippen LogP) is 1.56. The first-order chi connectivity index (χ1) is 9.93. The quantitative estimate of drug-likeness (QED) is 0.611. The largest absolute Gasteiger partial charge is 0.464 e. The SMILES string of the molecule is CCOC(=O)C(NC(C)=O)C(=O)CCc1cccc(C)c1. The van der Waals surface area contributed by atoms with Crippen LogP contribution < -0.4 is 5.32 Å². The third-order valence-corrected chi connectivity index (χ3v) is 2.93. The molecule has 1 N–H and O–H groups in total. The van der Waals surface area contributed by atoms with Gasteiger partial charge in [0.15, 0.2) is 11.8 Å². The minimum atomic E-state index is -1.22. The molecule has 1 aromatic rings. The average Bonchev–Trinajstić information content (AvgIpc) is 2.42. The normalized spacial score (nSPS) is 11.6. The topological polar surface area (TPSA) is 72.5 Å². The van der Waals surface area contributed by atoms with E-state index in [-0.39, 0.29) is 18.8 Å². The first-order valence-electron chi connectivity index (χ1n) is 6.96. The Morgan fingerprint density at radius 2 is 2.00 bits per heavy atom. The number of aryl methyl sites for hydroxylation is 2. The third-order valence-electron chi connectivity index (χ3n) is 2.93. The second-order valence-corrected chi connectivity index (χ2v) is 4.84. The van der Waals surface area contributed by atoms with Gasteiger partial charge in [-0.1, -0.05) is 29.8 Å². The minimum Gasteiger partial charge on any atom is -0.464 e. The van der Waals surface area contributed by atoms with Crippen LogP contribution in [0.25, 0.3) is 0 Å². The highest BCUT2D eigenvalue weighted by atomic mass is 16.5. The van der Waals surface area contributed by atoms with Crippen LogP contribution in [0, 0.1) is 6.92 Å². The predicted molar refractivity (Wildman–Crippen MR) is 78.7 cm³/mol. The minimum absolute atomic E-state index is 0.167. The van der Waals surface area contributed by atoms with Crippen molar-refractivity contribution in [1.29, 1.82) is 0 Å². The Hall–Kier alpha value is -2.17. The van der Waals surface area contributed by atoms with Crippen molar-refractivity contribution in [2.75, 3.05) is 6.61 Å². The van der Waals surface area contributed by atoms with Crippen LogP contribution in [0.2, 0.25) is 0 Å². The average molecular weight is 291 g/mol. The lowest BCUT2D eigenvalue weighted by molar-refractivity contribution is -0.150. The molecular weight excluding hydrogens is 270 g/mol. The van der Waals surface area contributed by atoms with E-state index in [1.165, 1.54) is 6.92 Å². The van der Waals surface area contributed by atoms with Gasteiger partial charge in [0.05, 0.1) is 6.61 Å². The van der Waals surface area contributed by atoms with Crippen LogP contribution in [0.3, 0.4) is 0 Å². The van der Waals surface area contributed by atoms with Gasteiger partial charge >= 0.3 is 5.97 Å². The van der Waals surface area contributed by atoms with E-state index in [2.05, 4.69) is 5.32 Å². The van der Waals surface area contributed by atoms with Crippen molar-refractivity contribution in [2.45, 2.75) is 39.7 Å². The molecule has 0 fully saturated rings. The van der Waals surface area contributed by atoms with E-state index in [9.17, 15) is 14.4 Å². The molecule has 1 rings (SSSR count). The molecule has 1 amide bonds. The van der Waals surface area contributed by atoms with Crippen LogP contribution in [-0.2, 0) is 25.5 Å². The molecule has 5 heteroatoms. The van der Waals surface area contributed by atoms with E-state index < -0.39 is 17.9 Å². The lowest BCUT2D eigenvalue weighted by atomic mass is 10.0. The molecule has 0 saturated carbocycles. The zero-order valence-corrected chi connectivity index (χ0v) is 12.6. The molecule has 21 heavy (non-hydrogen) atoms. The smallest absolute Gasteiger partial charge is 0.336 e. The molecular formula is C16H21NO4. The molecule has 0 aromatic heterocycles. The maximum absolute atomic E-state index is 12.1. The molecule has 1 atom stereocenters. The van der Waals surface area contributed by atoms with Gasteiger partial charge < -0.3 is 10.1 Å². The highest BCUT2D eigenvalue weighted by Crippen LogP contribution is 2.08. The number of ketones is 1. The molecule has 0 spiro atoms. The van der Waals surface area contributed by atoms with Gasteiger partial charge in [0.2, 0.25) is 5.91 Å². The maximum atomic E-state index is 12.1. The van der Waals surface area contributed by atoms with Crippen molar-refractivity contribution >= 4 is 17.7 Å². The van der Waals surface area contributed by atoms with Crippen LogP contribution in [0.15, 0.2) is 24.3 Å². The van der Waals surface area contributed by atoms with Crippen LogP contribution in [0.5, 0.6) is 0 Å². The van der Waals surface area contributed by atoms with E-state index in [0.717, 1.165) is 11.1 Å². The number of amides is 1. The number of hydrogen-bond donors (Lipinski definition) is 1. The lowest BCUT2D eigenvalue weighted by Crippen LogP contribution is -2.46. The molecule has 5 nitrogen and oxygen atoms in total. The highest BCUT2D eigenvalue weighted by molar-refractivity contribution is 6.05. The Morgan fingerprint density at radius 3 is 2.57 bits per heavy atom. The summed E-state index contributed by atoms with van der Waals surface area (Å²) in [6.07, 6.45) is 0.698. The Labute approximate surface area is 124 Å². The van der Waals surface area contributed by atoms with E-state index in [0.29, 0.717) is 6.42 Å². The summed E-state index contributed by atoms with van der Waals surface area (Å²) in [7, 11) is 0. The Bertz CT molecular complexity index is 525. The summed E-state index contributed by atoms with van der Waals surface area (Å²) in [6, 6.07) is 6.60. The van der Waals surface area contributed by atoms with Crippen LogP contribution in [0.1, 0.15) is 31.4 Å². The number of carbonyl (C=O) groups is 3. The van der Waals surface area contributed by atoms with Crippen molar-refractivity contribution in [3.8, 4) is 0 Å². The summed E-state index contributed by atoms with van der Waals surface area (Å²) in [5.41, 5.74) is 2.14. The van der Waals surface area contributed by atoms with Gasteiger partial charge in [-0.15, -0.1) is 0 Å². The van der Waals surface area contributed by atoms with Crippen LogP contribution in [-0.4, -0.2) is 30.3 Å². The molecule has 0 aliphatic heterocycles. The zero-order chi connectivity index (χ0) is 15.8. The molecule has 0 bridgehead atoms. The Morgan fingerprint density at radius 1 is 1.29 bits per heavy atom. The van der Waals surface area contributed by atoms with Crippen molar-refractivity contribution < 1.29 is 19.1 Å². The maximum Gasteiger partial charge on any atom is 0.336 e. The summed E-state index contributed by atoms with van der Waals surface area (Å²) < 4.78 is 4.82. The van der Waals surface area contributed by atoms with Gasteiger partial charge in [0.25, 0.3) is 0 Å². The number of benzene rings is 1. The summed E-state index contributed by atoms with van der Waals surface area (Å²) >= 11 is 0. The fraction of sp³-hybridized carbons (Fsp3) is 0.438. The molecule has 0 saturated heterocycles. The molecule has 1 aromatic carbocycles. The summed E-state index contributed by atoms with van der Waals surface area (Å²) in [6.45, 7) is 5.06. The Kier molecular flexibility index (Phi) is 6.59. The van der Waals surface area contributed by atoms with Gasteiger partial charge in [-0.3, -0.25) is 9.59 Å². The van der Waals surface area contributed by atoms with Gasteiger partial charge in [-0.05, 0) is 25.8 Å². The number of rotatable bonds is 7. The molecule has 0 aliphatic carbocycles. The molecule has 0 radical (unpaired) electrons. The fourth-order valence-corrected chi connectivity index (χ4v) is 1.98. The lowest BCUT2D eigenvalue weighted by Gasteiger charge is -2.15. The highest BCUT2D eigenvalue weighted by Gasteiger charge is 2.28.